The van der Waals surface area contributed by atoms with Gasteiger partial charge in [0.25, 0.3) is 5.69 Å². The average Bonchev–Trinajstić information content (AvgIpc) is 2.89. The number of thiophene rings is 1. The predicted octanol–water partition coefficient (Wildman–Crippen LogP) is 3.72. The quantitative estimate of drug-likeness (QED) is 0.477. The number of nitro groups is 1. The smallest absolute Gasteiger partial charge is 0.258 e. The fraction of sp³-hybridized carbons (Fsp3) is 0. The summed E-state index contributed by atoms with van der Waals surface area (Å²) in [7, 11) is 0. The maximum atomic E-state index is 10.5. The predicted molar refractivity (Wildman–Crippen MR) is 70.9 cm³/mol. The lowest BCUT2D eigenvalue weighted by molar-refractivity contribution is -0.384. The normalized spacial score (nSPS) is 10.9. The molecule has 0 saturated heterocycles. The maximum absolute atomic E-state index is 10.5. The van der Waals surface area contributed by atoms with Gasteiger partial charge in [0.1, 0.15) is 0 Å². The van der Waals surface area contributed by atoms with Gasteiger partial charge in [-0.25, -0.2) is 0 Å². The van der Waals surface area contributed by atoms with Crippen LogP contribution in [0.15, 0.2) is 41.8 Å². The highest BCUT2D eigenvalue weighted by Crippen LogP contribution is 2.22. The summed E-state index contributed by atoms with van der Waals surface area (Å²) in [5, 5.41) is 21.6. The molecule has 18 heavy (non-hydrogen) atoms. The summed E-state index contributed by atoms with van der Waals surface area (Å²) in [5.74, 6) is 0. The summed E-state index contributed by atoms with van der Waals surface area (Å²) >= 11 is 1.53. The van der Waals surface area contributed by atoms with Gasteiger partial charge < -0.3 is 0 Å². The van der Waals surface area contributed by atoms with Crippen molar-refractivity contribution < 1.29 is 4.92 Å². The molecule has 0 N–H and O–H groups in total. The standard InChI is InChI=1S/C13H8N2O2S/c14-9-11(8-13-2-1-7-18-13)10-3-5-12(6-4-10)15(16)17/h1-8H/b11-8+. The zero-order valence-corrected chi connectivity index (χ0v) is 10.1. The first-order valence-corrected chi connectivity index (χ1v) is 5.99. The molecule has 0 aliphatic rings. The van der Waals surface area contributed by atoms with Crippen molar-refractivity contribution >= 4 is 28.7 Å². The van der Waals surface area contributed by atoms with Crippen LogP contribution in [0.3, 0.4) is 0 Å². The van der Waals surface area contributed by atoms with E-state index in [2.05, 4.69) is 6.07 Å². The monoisotopic (exact) mass is 256 g/mol. The Bertz CT molecular complexity index is 622. The fourth-order valence-corrected chi connectivity index (χ4v) is 2.12. The first kappa shape index (κ1) is 12.0. The molecule has 0 atom stereocenters. The van der Waals surface area contributed by atoms with Gasteiger partial charge in [-0.2, -0.15) is 5.26 Å². The lowest BCUT2D eigenvalue weighted by Gasteiger charge is -1.98. The molecule has 2 aromatic rings. The van der Waals surface area contributed by atoms with Crippen LogP contribution in [0.25, 0.3) is 11.6 Å². The van der Waals surface area contributed by atoms with E-state index in [0.717, 1.165) is 4.88 Å². The van der Waals surface area contributed by atoms with Crippen molar-refractivity contribution in [2.24, 2.45) is 0 Å². The minimum atomic E-state index is -0.460. The Kier molecular flexibility index (Phi) is 3.51. The summed E-state index contributed by atoms with van der Waals surface area (Å²) in [6.07, 6.45) is 1.77. The summed E-state index contributed by atoms with van der Waals surface area (Å²) in [6, 6.07) is 11.9. The number of nitriles is 1. The molecule has 0 aliphatic carbocycles. The van der Waals surface area contributed by atoms with Gasteiger partial charge in [-0.05, 0) is 35.2 Å². The molecule has 0 aliphatic heterocycles. The number of non-ortho nitro benzene ring substituents is 1. The van der Waals surface area contributed by atoms with Gasteiger partial charge in [0.05, 0.1) is 16.6 Å². The SMILES string of the molecule is N#C/C(=C\c1cccs1)c1ccc([N+](=O)[O-])cc1. The first-order chi connectivity index (χ1) is 8.70. The van der Waals surface area contributed by atoms with E-state index in [1.54, 1.807) is 18.2 Å². The fourth-order valence-electron chi connectivity index (χ4n) is 1.46. The Morgan fingerprint density at radius 2 is 2.06 bits per heavy atom. The molecule has 1 heterocycles. The molecule has 88 valence electrons. The molecular formula is C13H8N2O2S. The molecular weight excluding hydrogens is 248 g/mol. The molecule has 0 fully saturated rings. The molecule has 1 aromatic heterocycles. The molecule has 2 rings (SSSR count). The van der Waals surface area contributed by atoms with Gasteiger partial charge in [0.2, 0.25) is 0 Å². The third-order valence-corrected chi connectivity index (χ3v) is 3.16. The third-order valence-electron chi connectivity index (χ3n) is 2.34. The number of benzene rings is 1. The summed E-state index contributed by atoms with van der Waals surface area (Å²) in [6.45, 7) is 0. The lowest BCUT2D eigenvalue weighted by atomic mass is 10.1. The van der Waals surface area contributed by atoms with Crippen molar-refractivity contribution in [1.29, 1.82) is 5.26 Å². The van der Waals surface area contributed by atoms with Crippen molar-refractivity contribution in [2.75, 3.05) is 0 Å². The second-order valence-electron chi connectivity index (χ2n) is 3.49. The van der Waals surface area contributed by atoms with Crippen LogP contribution in [0, 0.1) is 21.4 Å². The van der Waals surface area contributed by atoms with Crippen LogP contribution in [-0.4, -0.2) is 4.92 Å². The van der Waals surface area contributed by atoms with Crippen molar-refractivity contribution in [3.05, 3.63) is 62.3 Å². The van der Waals surface area contributed by atoms with E-state index in [-0.39, 0.29) is 5.69 Å². The molecule has 1 aromatic carbocycles. The Labute approximate surface area is 108 Å². The molecule has 5 heteroatoms. The van der Waals surface area contributed by atoms with Crippen LogP contribution in [0.5, 0.6) is 0 Å². The van der Waals surface area contributed by atoms with Crippen LogP contribution in [0.1, 0.15) is 10.4 Å². The number of hydrogen-bond donors (Lipinski definition) is 0. The van der Waals surface area contributed by atoms with Gasteiger partial charge >= 0.3 is 0 Å². The highest BCUT2D eigenvalue weighted by molar-refractivity contribution is 7.10. The lowest BCUT2D eigenvalue weighted by Crippen LogP contribution is -1.88. The largest absolute Gasteiger partial charge is 0.269 e. The van der Waals surface area contributed by atoms with Crippen molar-refractivity contribution in [2.45, 2.75) is 0 Å². The molecule has 0 bridgehead atoms. The zero-order chi connectivity index (χ0) is 13.0. The Hall–Kier alpha value is -2.45. The van der Waals surface area contributed by atoms with Crippen LogP contribution in [-0.2, 0) is 0 Å². The highest BCUT2D eigenvalue weighted by Gasteiger charge is 2.06. The Morgan fingerprint density at radius 1 is 1.33 bits per heavy atom. The maximum Gasteiger partial charge on any atom is 0.269 e. The van der Waals surface area contributed by atoms with E-state index in [9.17, 15) is 10.1 Å². The first-order valence-electron chi connectivity index (χ1n) is 5.11. The molecule has 0 amide bonds. The van der Waals surface area contributed by atoms with Gasteiger partial charge in [-0.3, -0.25) is 10.1 Å². The van der Waals surface area contributed by atoms with E-state index in [1.165, 1.54) is 23.5 Å². The summed E-state index contributed by atoms with van der Waals surface area (Å²) in [5.41, 5.74) is 1.19. The summed E-state index contributed by atoms with van der Waals surface area (Å²) in [4.78, 5) is 11.1. The number of rotatable bonds is 3. The van der Waals surface area contributed by atoms with Crippen LogP contribution in [0.2, 0.25) is 0 Å². The second-order valence-corrected chi connectivity index (χ2v) is 4.47. The number of nitro benzene ring substituents is 1. The van der Waals surface area contributed by atoms with Crippen LogP contribution < -0.4 is 0 Å². The second kappa shape index (κ2) is 5.25. The molecule has 0 radical (unpaired) electrons. The van der Waals surface area contributed by atoms with Crippen molar-refractivity contribution in [3.8, 4) is 6.07 Å². The summed E-state index contributed by atoms with van der Waals surface area (Å²) < 4.78 is 0. The van der Waals surface area contributed by atoms with Crippen LogP contribution >= 0.6 is 11.3 Å². The van der Waals surface area contributed by atoms with Gasteiger partial charge in [-0.1, -0.05) is 6.07 Å². The molecule has 0 spiro atoms. The van der Waals surface area contributed by atoms with E-state index in [4.69, 9.17) is 5.26 Å². The number of nitrogens with zero attached hydrogens (tertiary/aromatic N) is 2. The molecule has 0 unspecified atom stereocenters. The number of hydrogen-bond acceptors (Lipinski definition) is 4. The zero-order valence-electron chi connectivity index (χ0n) is 9.24. The van der Waals surface area contributed by atoms with E-state index in [0.29, 0.717) is 11.1 Å². The van der Waals surface area contributed by atoms with E-state index in [1.807, 2.05) is 17.5 Å². The minimum Gasteiger partial charge on any atom is -0.258 e. The third kappa shape index (κ3) is 2.62. The van der Waals surface area contributed by atoms with E-state index < -0.39 is 4.92 Å². The van der Waals surface area contributed by atoms with Gasteiger partial charge in [0, 0.05) is 17.0 Å². The average molecular weight is 256 g/mol. The molecule has 4 nitrogen and oxygen atoms in total. The highest BCUT2D eigenvalue weighted by atomic mass is 32.1. The van der Waals surface area contributed by atoms with Crippen LogP contribution in [0.4, 0.5) is 5.69 Å². The van der Waals surface area contributed by atoms with Gasteiger partial charge in [-0.15, -0.1) is 11.3 Å². The minimum absolute atomic E-state index is 0.0205. The molecule has 0 saturated carbocycles. The topological polar surface area (TPSA) is 66.9 Å². The Morgan fingerprint density at radius 3 is 2.56 bits per heavy atom. The van der Waals surface area contributed by atoms with Crippen molar-refractivity contribution in [1.82, 2.24) is 0 Å². The van der Waals surface area contributed by atoms with Crippen molar-refractivity contribution in [3.63, 3.8) is 0 Å². The van der Waals surface area contributed by atoms with E-state index >= 15 is 0 Å². The Balaban J connectivity index is 2.35. The van der Waals surface area contributed by atoms with Gasteiger partial charge in [0.15, 0.2) is 0 Å². The number of allylic oxidation sites excluding steroid dienone is 1.